The third-order valence-corrected chi connectivity index (χ3v) is 10.8. The molecule has 47 heavy (non-hydrogen) atoms. The first kappa shape index (κ1) is 26.5. The highest BCUT2D eigenvalue weighted by Gasteiger charge is 2.34. The summed E-state index contributed by atoms with van der Waals surface area (Å²) in [4.78, 5) is 0. The summed E-state index contributed by atoms with van der Waals surface area (Å²) < 4.78 is 0. The van der Waals surface area contributed by atoms with E-state index < -0.39 is 0 Å². The van der Waals surface area contributed by atoms with Crippen molar-refractivity contribution in [1.82, 2.24) is 0 Å². The minimum Gasteiger partial charge on any atom is -0.0619 e. The monoisotopic (exact) mass is 596 g/mol. The van der Waals surface area contributed by atoms with E-state index in [1.807, 2.05) is 0 Å². The molecule has 10 rings (SSSR count). The van der Waals surface area contributed by atoms with Crippen LogP contribution in [0.3, 0.4) is 0 Å². The zero-order chi connectivity index (χ0) is 31.3. The fourth-order valence-corrected chi connectivity index (χ4v) is 8.74. The molecule has 0 saturated carbocycles. The lowest BCUT2D eigenvalue weighted by molar-refractivity contribution is 0.645. The van der Waals surface area contributed by atoms with E-state index in [4.69, 9.17) is 0 Å². The van der Waals surface area contributed by atoms with E-state index in [9.17, 15) is 0 Å². The molecule has 0 spiro atoms. The molecule has 1 aliphatic carbocycles. The Bertz CT molecular complexity index is 2750. The largest absolute Gasteiger partial charge is 0.0619 e. The Morgan fingerprint density at radius 3 is 1.68 bits per heavy atom. The second-order valence-electron chi connectivity index (χ2n) is 13.6. The highest BCUT2D eigenvalue weighted by molar-refractivity contribution is 6.30. The van der Waals surface area contributed by atoms with Gasteiger partial charge in [-0.1, -0.05) is 172 Å². The van der Waals surface area contributed by atoms with Crippen molar-refractivity contribution >= 4 is 53.9 Å². The average Bonchev–Trinajstić information content (AvgIpc) is 3.12. The van der Waals surface area contributed by atoms with Crippen LogP contribution in [-0.2, 0) is 5.41 Å². The van der Waals surface area contributed by atoms with Crippen LogP contribution in [0, 0.1) is 0 Å². The molecular formula is C47H32. The van der Waals surface area contributed by atoms with Gasteiger partial charge in [-0.3, -0.25) is 0 Å². The summed E-state index contributed by atoms with van der Waals surface area (Å²) in [5.41, 5.74) is 10.6. The van der Waals surface area contributed by atoms with Gasteiger partial charge in [-0.15, -0.1) is 0 Å². The maximum atomic E-state index is 2.41. The second-order valence-corrected chi connectivity index (χ2v) is 13.6. The van der Waals surface area contributed by atoms with Crippen molar-refractivity contribution in [3.05, 3.63) is 169 Å². The summed E-state index contributed by atoms with van der Waals surface area (Å²) in [5.74, 6) is 0. The Morgan fingerprint density at radius 1 is 0.298 bits per heavy atom. The summed E-state index contributed by atoms with van der Waals surface area (Å²) in [6.07, 6.45) is 0. The molecule has 0 amide bonds. The molecule has 0 bridgehead atoms. The number of rotatable bonds is 2. The lowest BCUT2D eigenvalue weighted by Gasteiger charge is -2.35. The van der Waals surface area contributed by atoms with Gasteiger partial charge in [0.15, 0.2) is 0 Å². The molecule has 0 heterocycles. The van der Waals surface area contributed by atoms with E-state index in [1.165, 1.54) is 98.4 Å². The fourth-order valence-electron chi connectivity index (χ4n) is 8.74. The van der Waals surface area contributed by atoms with Gasteiger partial charge in [0.05, 0.1) is 0 Å². The van der Waals surface area contributed by atoms with E-state index in [0.717, 1.165) is 0 Å². The quantitative estimate of drug-likeness (QED) is 0.138. The Labute approximate surface area is 274 Å². The molecule has 9 aromatic rings. The highest BCUT2D eigenvalue weighted by Crippen LogP contribution is 2.53. The van der Waals surface area contributed by atoms with Crippen molar-refractivity contribution in [2.24, 2.45) is 0 Å². The Hall–Kier alpha value is -5.72. The van der Waals surface area contributed by atoms with Gasteiger partial charge < -0.3 is 0 Å². The Morgan fingerprint density at radius 2 is 0.851 bits per heavy atom. The zero-order valence-corrected chi connectivity index (χ0v) is 26.5. The van der Waals surface area contributed by atoms with Crippen LogP contribution in [0.5, 0.6) is 0 Å². The number of hydrogen-bond acceptors (Lipinski definition) is 0. The van der Waals surface area contributed by atoms with E-state index >= 15 is 0 Å². The normalized spacial score (nSPS) is 13.5. The molecule has 0 heteroatoms. The third kappa shape index (κ3) is 3.59. The second kappa shape index (κ2) is 9.64. The first-order valence-electron chi connectivity index (χ1n) is 16.6. The summed E-state index contributed by atoms with van der Waals surface area (Å²) >= 11 is 0. The van der Waals surface area contributed by atoms with Gasteiger partial charge in [0.1, 0.15) is 0 Å². The average molecular weight is 597 g/mol. The summed E-state index contributed by atoms with van der Waals surface area (Å²) in [5, 5.41) is 13.0. The number of benzene rings is 9. The summed E-state index contributed by atoms with van der Waals surface area (Å²) in [6.45, 7) is 4.76. The molecule has 0 aliphatic heterocycles. The number of hydrogen-bond donors (Lipinski definition) is 0. The van der Waals surface area contributed by atoms with Crippen molar-refractivity contribution in [3.8, 4) is 33.4 Å². The van der Waals surface area contributed by atoms with Gasteiger partial charge in [-0.05, 0) is 98.4 Å². The molecule has 0 unspecified atom stereocenters. The maximum Gasteiger partial charge on any atom is 0.0159 e. The molecular weight excluding hydrogens is 565 g/mol. The van der Waals surface area contributed by atoms with E-state index in [0.29, 0.717) is 0 Å². The lowest BCUT2D eigenvalue weighted by Crippen LogP contribution is -2.23. The minimum absolute atomic E-state index is 0.0969. The van der Waals surface area contributed by atoms with Gasteiger partial charge in [0.2, 0.25) is 0 Å². The Balaban J connectivity index is 1.42. The van der Waals surface area contributed by atoms with Gasteiger partial charge >= 0.3 is 0 Å². The third-order valence-electron chi connectivity index (χ3n) is 10.8. The highest BCUT2D eigenvalue weighted by atomic mass is 14.4. The maximum absolute atomic E-state index is 2.41. The van der Waals surface area contributed by atoms with Crippen LogP contribution in [0.2, 0.25) is 0 Å². The topological polar surface area (TPSA) is 0 Å². The van der Waals surface area contributed by atoms with Crippen LogP contribution < -0.4 is 0 Å². The van der Waals surface area contributed by atoms with Crippen molar-refractivity contribution in [2.75, 3.05) is 0 Å². The molecule has 0 fully saturated rings. The van der Waals surface area contributed by atoms with Crippen LogP contribution >= 0.6 is 0 Å². The smallest absolute Gasteiger partial charge is 0.0159 e. The van der Waals surface area contributed by atoms with Gasteiger partial charge in [0.25, 0.3) is 0 Å². The SMILES string of the molecule is CC1(C)c2ccccc2-c2cccc3c(-c4c5ccccc5c(-c5cccc6ccccc56)c5c4ccc4ccccc45)ccc1c23. The van der Waals surface area contributed by atoms with Crippen molar-refractivity contribution in [1.29, 1.82) is 0 Å². The number of fused-ring (bicyclic) bond motifs is 7. The van der Waals surface area contributed by atoms with Gasteiger partial charge in [-0.2, -0.15) is 0 Å². The first-order valence-corrected chi connectivity index (χ1v) is 16.6. The minimum atomic E-state index is -0.0969. The molecule has 0 N–H and O–H groups in total. The molecule has 9 aromatic carbocycles. The van der Waals surface area contributed by atoms with E-state index in [1.54, 1.807) is 0 Å². The van der Waals surface area contributed by atoms with E-state index in [2.05, 4.69) is 172 Å². The standard InChI is InChI=1S/C47H32/c1-47(2)41-24-10-9-18-33(41)35-22-12-23-37-39(27-28-42(47)44(35)37)43-36-19-7-8-20-38(36)46(34-21-11-15-29-13-3-5-16-31(29)34)45-32-17-6-4-14-30(32)25-26-40(43)45/h3-28H,1-2H3. The van der Waals surface area contributed by atoms with Crippen LogP contribution in [0.25, 0.3) is 87.2 Å². The molecule has 0 aromatic heterocycles. The fraction of sp³-hybridized carbons (Fsp3) is 0.0638. The molecule has 0 radical (unpaired) electrons. The molecule has 0 atom stereocenters. The van der Waals surface area contributed by atoms with Gasteiger partial charge in [-0.25, -0.2) is 0 Å². The van der Waals surface area contributed by atoms with E-state index in [-0.39, 0.29) is 5.41 Å². The molecule has 0 nitrogen and oxygen atoms in total. The van der Waals surface area contributed by atoms with Gasteiger partial charge in [0, 0.05) is 5.41 Å². The van der Waals surface area contributed by atoms with Crippen LogP contribution in [-0.4, -0.2) is 0 Å². The lowest BCUT2D eigenvalue weighted by atomic mass is 9.68. The predicted octanol–water partition coefficient (Wildman–Crippen LogP) is 13.1. The molecule has 220 valence electrons. The zero-order valence-electron chi connectivity index (χ0n) is 26.5. The molecule has 0 saturated heterocycles. The van der Waals surface area contributed by atoms with Crippen molar-refractivity contribution in [2.45, 2.75) is 19.3 Å². The van der Waals surface area contributed by atoms with Crippen molar-refractivity contribution in [3.63, 3.8) is 0 Å². The predicted molar refractivity (Wildman–Crippen MR) is 202 cm³/mol. The summed E-state index contributed by atoms with van der Waals surface area (Å²) in [6, 6.07) is 58.9. The van der Waals surface area contributed by atoms with Crippen LogP contribution in [0.4, 0.5) is 0 Å². The first-order chi connectivity index (χ1) is 23.1. The summed E-state index contributed by atoms with van der Waals surface area (Å²) in [7, 11) is 0. The molecule has 1 aliphatic rings. The van der Waals surface area contributed by atoms with Crippen molar-refractivity contribution < 1.29 is 0 Å². The Kier molecular flexibility index (Phi) is 5.44. The van der Waals surface area contributed by atoms with Crippen LogP contribution in [0.15, 0.2) is 158 Å². The van der Waals surface area contributed by atoms with Crippen LogP contribution in [0.1, 0.15) is 25.0 Å².